The largest absolute Gasteiger partial charge is 0.456 e. The van der Waals surface area contributed by atoms with E-state index in [9.17, 15) is 14.7 Å². The van der Waals surface area contributed by atoms with Gasteiger partial charge in [0.2, 0.25) is 0 Å². The maximum Gasteiger partial charge on any atom is 0.334 e. The van der Waals surface area contributed by atoms with E-state index >= 15 is 0 Å². The molecular formula is C15H20O5. The molecule has 1 N–H and O–H groups in total. The lowest BCUT2D eigenvalue weighted by atomic mass is 9.70. The van der Waals surface area contributed by atoms with Crippen LogP contribution in [0.4, 0.5) is 0 Å². The lowest BCUT2D eigenvalue weighted by Gasteiger charge is -2.46. The minimum atomic E-state index is -1.39. The number of carbonyl (C=O) groups excluding carboxylic acids is 2. The van der Waals surface area contributed by atoms with Crippen molar-refractivity contribution in [1.82, 2.24) is 0 Å². The summed E-state index contributed by atoms with van der Waals surface area (Å²) in [5.41, 5.74) is -1.94. The average molecular weight is 280 g/mol. The van der Waals surface area contributed by atoms with Gasteiger partial charge in [-0.1, -0.05) is 13.5 Å². The number of hydrogen-bond acceptors (Lipinski definition) is 5. The van der Waals surface area contributed by atoms with Crippen LogP contribution in [-0.2, 0) is 19.1 Å². The number of fused-ring (bicyclic) bond motifs is 1. The van der Waals surface area contributed by atoms with Crippen molar-refractivity contribution in [2.45, 2.75) is 56.8 Å². The number of esters is 2. The first-order valence-electron chi connectivity index (χ1n) is 7.13. The molecule has 1 aliphatic carbocycles. The normalized spacial score (nSPS) is 48.0. The molecule has 3 aliphatic rings. The van der Waals surface area contributed by atoms with Crippen molar-refractivity contribution in [3.8, 4) is 0 Å². The van der Waals surface area contributed by atoms with Crippen LogP contribution >= 0.6 is 0 Å². The Bertz CT molecular complexity index is 494. The molecule has 2 saturated heterocycles. The van der Waals surface area contributed by atoms with Gasteiger partial charge < -0.3 is 14.6 Å². The first-order chi connectivity index (χ1) is 9.29. The SMILES string of the molecule is C=C1C(=O)O[C@@H]2[C@H]1CC[C@H](C)[C@]1(CCC(=O)O1)C2(C)O. The second-order valence-corrected chi connectivity index (χ2v) is 6.45. The van der Waals surface area contributed by atoms with Crippen molar-refractivity contribution < 1.29 is 24.2 Å². The molecule has 1 unspecified atom stereocenters. The minimum absolute atomic E-state index is 0.0149. The summed E-state index contributed by atoms with van der Waals surface area (Å²) in [5, 5.41) is 11.1. The Balaban J connectivity index is 2.06. The predicted molar refractivity (Wildman–Crippen MR) is 69.6 cm³/mol. The third-order valence-electron chi connectivity index (χ3n) is 5.42. The summed E-state index contributed by atoms with van der Waals surface area (Å²) in [4.78, 5) is 23.4. The highest BCUT2D eigenvalue weighted by atomic mass is 16.6. The van der Waals surface area contributed by atoms with E-state index in [0.717, 1.165) is 6.42 Å². The van der Waals surface area contributed by atoms with Gasteiger partial charge in [0.25, 0.3) is 0 Å². The molecule has 0 aromatic heterocycles. The van der Waals surface area contributed by atoms with Gasteiger partial charge in [-0.25, -0.2) is 4.79 Å². The number of rotatable bonds is 0. The molecule has 0 aromatic rings. The summed E-state index contributed by atoms with van der Waals surface area (Å²) in [6.45, 7) is 7.40. The van der Waals surface area contributed by atoms with Gasteiger partial charge in [0.05, 0.1) is 0 Å². The Morgan fingerprint density at radius 1 is 1.35 bits per heavy atom. The van der Waals surface area contributed by atoms with Crippen LogP contribution in [0.25, 0.3) is 0 Å². The number of ether oxygens (including phenoxy) is 2. The molecule has 3 fully saturated rings. The molecule has 3 rings (SSSR count). The molecule has 20 heavy (non-hydrogen) atoms. The zero-order valence-corrected chi connectivity index (χ0v) is 11.8. The van der Waals surface area contributed by atoms with Gasteiger partial charge in [-0.3, -0.25) is 4.79 Å². The van der Waals surface area contributed by atoms with E-state index in [1.165, 1.54) is 0 Å². The maximum absolute atomic E-state index is 11.7. The molecule has 1 saturated carbocycles. The number of hydrogen-bond donors (Lipinski definition) is 1. The van der Waals surface area contributed by atoms with E-state index in [2.05, 4.69) is 6.58 Å². The zero-order valence-electron chi connectivity index (χ0n) is 11.8. The third-order valence-corrected chi connectivity index (χ3v) is 5.42. The molecule has 1 spiro atoms. The Hall–Kier alpha value is -1.36. The van der Waals surface area contributed by atoms with Gasteiger partial charge in [0.1, 0.15) is 17.3 Å². The van der Waals surface area contributed by atoms with Crippen molar-refractivity contribution in [3.05, 3.63) is 12.2 Å². The van der Waals surface area contributed by atoms with E-state index in [4.69, 9.17) is 9.47 Å². The van der Waals surface area contributed by atoms with Crippen LogP contribution in [0.3, 0.4) is 0 Å². The van der Waals surface area contributed by atoms with Gasteiger partial charge in [0.15, 0.2) is 0 Å². The van der Waals surface area contributed by atoms with Crippen molar-refractivity contribution in [2.75, 3.05) is 0 Å². The first kappa shape index (κ1) is 13.6. The van der Waals surface area contributed by atoms with E-state index in [1.54, 1.807) is 6.92 Å². The van der Waals surface area contributed by atoms with Crippen LogP contribution in [0, 0.1) is 11.8 Å². The van der Waals surface area contributed by atoms with Crippen LogP contribution in [0.2, 0.25) is 0 Å². The highest BCUT2D eigenvalue weighted by Gasteiger charge is 2.66. The molecule has 110 valence electrons. The van der Waals surface area contributed by atoms with Crippen molar-refractivity contribution in [2.24, 2.45) is 11.8 Å². The quantitative estimate of drug-likeness (QED) is 0.535. The fraction of sp³-hybridized carbons (Fsp3) is 0.733. The van der Waals surface area contributed by atoms with Crippen molar-refractivity contribution in [1.29, 1.82) is 0 Å². The van der Waals surface area contributed by atoms with E-state index < -0.39 is 23.3 Å². The van der Waals surface area contributed by atoms with E-state index in [0.29, 0.717) is 24.8 Å². The van der Waals surface area contributed by atoms with Crippen LogP contribution in [-0.4, -0.2) is 34.4 Å². The van der Waals surface area contributed by atoms with Gasteiger partial charge in [-0.05, 0) is 25.7 Å². The second-order valence-electron chi connectivity index (χ2n) is 6.45. The Labute approximate surface area is 117 Å². The van der Waals surface area contributed by atoms with Gasteiger partial charge in [-0.2, -0.15) is 0 Å². The Morgan fingerprint density at radius 2 is 2.05 bits per heavy atom. The summed E-state index contributed by atoms with van der Waals surface area (Å²) < 4.78 is 10.9. The summed E-state index contributed by atoms with van der Waals surface area (Å²) >= 11 is 0. The molecule has 0 aromatic carbocycles. The van der Waals surface area contributed by atoms with Crippen LogP contribution in [0.5, 0.6) is 0 Å². The maximum atomic E-state index is 11.7. The summed E-state index contributed by atoms with van der Waals surface area (Å²) in [7, 11) is 0. The van der Waals surface area contributed by atoms with Crippen LogP contribution < -0.4 is 0 Å². The lowest BCUT2D eigenvalue weighted by molar-refractivity contribution is -0.219. The molecule has 0 bridgehead atoms. The smallest absolute Gasteiger partial charge is 0.334 e. The predicted octanol–water partition coefficient (Wildman–Crippen LogP) is 1.34. The van der Waals surface area contributed by atoms with Gasteiger partial charge in [0, 0.05) is 24.3 Å². The standard InChI is InChI=1S/C15H20O5/c1-8-4-5-10-9(2)13(17)19-12(10)14(3,18)15(8)7-6-11(16)20-15/h8,10,12,18H,2,4-7H2,1,3H3/t8-,10-,12+,14?,15+/m0/s1. The fourth-order valence-corrected chi connectivity index (χ4v) is 4.14. The van der Waals surface area contributed by atoms with Crippen molar-refractivity contribution in [3.63, 3.8) is 0 Å². The van der Waals surface area contributed by atoms with Gasteiger partial charge >= 0.3 is 11.9 Å². The molecule has 5 atom stereocenters. The fourth-order valence-electron chi connectivity index (χ4n) is 4.14. The molecule has 5 nitrogen and oxygen atoms in total. The minimum Gasteiger partial charge on any atom is -0.456 e. The van der Waals surface area contributed by atoms with Crippen LogP contribution in [0.1, 0.15) is 39.5 Å². The number of aliphatic hydroxyl groups is 1. The number of carbonyl (C=O) groups is 2. The topological polar surface area (TPSA) is 72.8 Å². The monoisotopic (exact) mass is 280 g/mol. The molecule has 2 aliphatic heterocycles. The summed E-state index contributed by atoms with van der Waals surface area (Å²) in [6.07, 6.45) is 1.56. The van der Waals surface area contributed by atoms with Gasteiger partial charge in [-0.15, -0.1) is 0 Å². The first-order valence-corrected chi connectivity index (χ1v) is 7.13. The highest BCUT2D eigenvalue weighted by Crippen LogP contribution is 2.53. The Kier molecular flexibility index (Phi) is 2.77. The molecule has 5 heteroatoms. The third kappa shape index (κ3) is 1.53. The lowest BCUT2D eigenvalue weighted by Crippen LogP contribution is -2.62. The molecule has 0 amide bonds. The van der Waals surface area contributed by atoms with E-state index in [-0.39, 0.29) is 17.8 Å². The summed E-state index contributed by atoms with van der Waals surface area (Å²) in [5.74, 6) is -0.923. The molecular weight excluding hydrogens is 260 g/mol. The molecule has 0 radical (unpaired) electrons. The Morgan fingerprint density at radius 3 is 2.65 bits per heavy atom. The van der Waals surface area contributed by atoms with Crippen molar-refractivity contribution >= 4 is 11.9 Å². The second kappa shape index (κ2) is 4.07. The zero-order chi connectivity index (χ0) is 14.7. The highest BCUT2D eigenvalue weighted by molar-refractivity contribution is 5.91. The molecule has 2 heterocycles. The summed E-state index contributed by atoms with van der Waals surface area (Å²) in [6, 6.07) is 0. The van der Waals surface area contributed by atoms with E-state index in [1.807, 2.05) is 6.92 Å². The van der Waals surface area contributed by atoms with Crippen LogP contribution in [0.15, 0.2) is 12.2 Å². The average Bonchev–Trinajstić information content (AvgIpc) is 2.89.